The first kappa shape index (κ1) is 14.7. The second-order valence-corrected chi connectivity index (χ2v) is 4.51. The van der Waals surface area contributed by atoms with Crippen LogP contribution in [0.5, 0.6) is 0 Å². The van der Waals surface area contributed by atoms with Crippen LogP contribution in [0.3, 0.4) is 0 Å². The van der Waals surface area contributed by atoms with Gasteiger partial charge in [-0.25, -0.2) is 4.79 Å². The topological polar surface area (TPSA) is 71.7 Å². The monoisotopic (exact) mass is 255 g/mol. The Labute approximate surface area is 107 Å². The number of carbonyl (C=O) groups excluding carboxylic acids is 1. The van der Waals surface area contributed by atoms with E-state index in [1.165, 1.54) is 13.4 Å². The zero-order valence-electron chi connectivity index (χ0n) is 11.1. The largest absolute Gasteiger partial charge is 0.463 e. The van der Waals surface area contributed by atoms with E-state index >= 15 is 0 Å². The molecule has 0 radical (unpaired) electrons. The highest BCUT2D eigenvalue weighted by molar-refractivity contribution is 5.87. The molecule has 1 aromatic heterocycles. The molecule has 0 aliphatic heterocycles. The van der Waals surface area contributed by atoms with Crippen molar-refractivity contribution < 1.29 is 19.1 Å². The van der Waals surface area contributed by atoms with Crippen LogP contribution < -0.4 is 5.32 Å². The van der Waals surface area contributed by atoms with Gasteiger partial charge in [0, 0.05) is 24.8 Å². The maximum Gasteiger partial charge on any atom is 0.374 e. The minimum absolute atomic E-state index is 0.144. The van der Waals surface area contributed by atoms with E-state index in [1.807, 2.05) is 0 Å². The third-order valence-electron chi connectivity index (χ3n) is 2.92. The van der Waals surface area contributed by atoms with Crippen LogP contribution in [0.25, 0.3) is 0 Å². The molecule has 0 saturated heterocycles. The summed E-state index contributed by atoms with van der Waals surface area (Å²) in [5.74, 6) is 0.169. The number of hydrogen-bond acceptors (Lipinski definition) is 5. The molecule has 0 aromatic carbocycles. The van der Waals surface area contributed by atoms with Crippen molar-refractivity contribution in [1.29, 1.82) is 0 Å². The lowest BCUT2D eigenvalue weighted by atomic mass is 10.0. The first-order chi connectivity index (χ1) is 8.60. The van der Waals surface area contributed by atoms with Crippen molar-refractivity contribution in [2.45, 2.75) is 32.9 Å². The Morgan fingerprint density at radius 2 is 2.28 bits per heavy atom. The van der Waals surface area contributed by atoms with Crippen molar-refractivity contribution in [2.75, 3.05) is 13.7 Å². The summed E-state index contributed by atoms with van der Waals surface area (Å²) >= 11 is 0. The van der Waals surface area contributed by atoms with Crippen LogP contribution in [-0.4, -0.2) is 30.8 Å². The maximum atomic E-state index is 11.4. The van der Waals surface area contributed by atoms with Crippen LogP contribution in [0.4, 0.5) is 0 Å². The molecule has 0 aliphatic carbocycles. The van der Waals surface area contributed by atoms with E-state index in [4.69, 9.17) is 9.52 Å². The van der Waals surface area contributed by atoms with Gasteiger partial charge < -0.3 is 19.6 Å². The van der Waals surface area contributed by atoms with Crippen molar-refractivity contribution in [2.24, 2.45) is 5.92 Å². The average Bonchev–Trinajstić information content (AvgIpc) is 2.81. The molecular formula is C13H21NO4. The van der Waals surface area contributed by atoms with E-state index in [-0.39, 0.29) is 18.4 Å². The Kier molecular flexibility index (Phi) is 5.88. The lowest BCUT2D eigenvalue weighted by Crippen LogP contribution is -2.34. The summed E-state index contributed by atoms with van der Waals surface area (Å²) in [6.07, 6.45) is 2.16. The summed E-state index contributed by atoms with van der Waals surface area (Å²) in [5.41, 5.74) is 0.769. The summed E-state index contributed by atoms with van der Waals surface area (Å²) in [6.45, 7) is 4.84. The molecule has 1 unspecified atom stereocenters. The van der Waals surface area contributed by atoms with Gasteiger partial charge in [-0.3, -0.25) is 0 Å². The number of aliphatic hydroxyl groups is 1. The third-order valence-corrected chi connectivity index (χ3v) is 2.92. The second kappa shape index (κ2) is 7.18. The van der Waals surface area contributed by atoms with Crippen LogP contribution >= 0.6 is 0 Å². The van der Waals surface area contributed by atoms with Crippen LogP contribution in [0.15, 0.2) is 16.7 Å². The van der Waals surface area contributed by atoms with Crippen LogP contribution in [-0.2, 0) is 11.3 Å². The summed E-state index contributed by atoms with van der Waals surface area (Å²) in [7, 11) is 1.32. The predicted molar refractivity (Wildman–Crippen MR) is 67.2 cm³/mol. The smallest absolute Gasteiger partial charge is 0.374 e. The number of furan rings is 1. The number of esters is 1. The van der Waals surface area contributed by atoms with Gasteiger partial charge in [0.2, 0.25) is 5.76 Å². The lowest BCUT2D eigenvalue weighted by molar-refractivity contribution is 0.0563. The van der Waals surface area contributed by atoms with Gasteiger partial charge in [0.25, 0.3) is 0 Å². The fourth-order valence-electron chi connectivity index (χ4n) is 1.80. The van der Waals surface area contributed by atoms with Gasteiger partial charge in [-0.05, 0) is 18.4 Å². The standard InChI is InChI=1S/C13H21NO4/c1-9(2)11(4-6-15)14-8-10-5-7-18-12(10)13(16)17-3/h5,7,9,11,14-15H,4,6,8H2,1-3H3. The Balaban J connectivity index is 2.62. The van der Waals surface area contributed by atoms with E-state index in [2.05, 4.69) is 23.9 Å². The summed E-state index contributed by atoms with van der Waals surface area (Å²) in [5, 5.41) is 12.3. The van der Waals surface area contributed by atoms with Gasteiger partial charge in [0.1, 0.15) is 0 Å². The number of methoxy groups -OCH3 is 1. The molecule has 1 heterocycles. The quantitative estimate of drug-likeness (QED) is 0.723. The Morgan fingerprint density at radius 1 is 1.56 bits per heavy atom. The number of rotatable bonds is 7. The molecule has 5 heteroatoms. The minimum atomic E-state index is -0.472. The molecule has 0 aliphatic rings. The summed E-state index contributed by atoms with van der Waals surface area (Å²) < 4.78 is 9.74. The van der Waals surface area contributed by atoms with Gasteiger partial charge in [-0.1, -0.05) is 13.8 Å². The van der Waals surface area contributed by atoms with E-state index in [0.717, 1.165) is 5.56 Å². The molecule has 0 fully saturated rings. The van der Waals surface area contributed by atoms with Crippen molar-refractivity contribution in [3.63, 3.8) is 0 Å². The molecule has 2 N–H and O–H groups in total. The number of ether oxygens (including phenoxy) is 1. The van der Waals surface area contributed by atoms with Gasteiger partial charge in [0.15, 0.2) is 0 Å². The van der Waals surface area contributed by atoms with E-state index < -0.39 is 5.97 Å². The van der Waals surface area contributed by atoms with Crippen molar-refractivity contribution in [1.82, 2.24) is 5.32 Å². The highest BCUT2D eigenvalue weighted by Gasteiger charge is 2.18. The SMILES string of the molecule is COC(=O)c1occc1CNC(CCO)C(C)C. The Hall–Kier alpha value is -1.33. The molecule has 5 nitrogen and oxygen atoms in total. The zero-order chi connectivity index (χ0) is 13.5. The number of hydrogen-bond donors (Lipinski definition) is 2. The number of carbonyl (C=O) groups is 1. The first-order valence-corrected chi connectivity index (χ1v) is 6.09. The molecule has 0 saturated carbocycles. The zero-order valence-corrected chi connectivity index (χ0v) is 11.1. The van der Waals surface area contributed by atoms with Crippen molar-refractivity contribution in [3.8, 4) is 0 Å². The molecule has 0 bridgehead atoms. The fraction of sp³-hybridized carbons (Fsp3) is 0.615. The first-order valence-electron chi connectivity index (χ1n) is 6.09. The van der Waals surface area contributed by atoms with Crippen molar-refractivity contribution >= 4 is 5.97 Å². The lowest BCUT2D eigenvalue weighted by Gasteiger charge is -2.21. The van der Waals surface area contributed by atoms with Crippen LogP contribution in [0, 0.1) is 5.92 Å². The second-order valence-electron chi connectivity index (χ2n) is 4.51. The Bertz CT molecular complexity index is 373. The van der Waals surface area contributed by atoms with Crippen LogP contribution in [0.1, 0.15) is 36.4 Å². The van der Waals surface area contributed by atoms with Gasteiger partial charge >= 0.3 is 5.97 Å². The molecule has 18 heavy (non-hydrogen) atoms. The fourth-order valence-corrected chi connectivity index (χ4v) is 1.80. The van der Waals surface area contributed by atoms with Crippen molar-refractivity contribution in [3.05, 3.63) is 23.7 Å². The molecule has 0 amide bonds. The Morgan fingerprint density at radius 3 is 2.83 bits per heavy atom. The summed E-state index contributed by atoms with van der Waals surface area (Å²) in [4.78, 5) is 11.4. The third kappa shape index (κ3) is 3.85. The summed E-state index contributed by atoms with van der Waals surface area (Å²) in [6, 6.07) is 1.95. The van der Waals surface area contributed by atoms with E-state index in [0.29, 0.717) is 18.9 Å². The molecule has 0 spiro atoms. The molecule has 102 valence electrons. The van der Waals surface area contributed by atoms with E-state index in [9.17, 15) is 4.79 Å². The van der Waals surface area contributed by atoms with Gasteiger partial charge in [0.05, 0.1) is 13.4 Å². The maximum absolute atomic E-state index is 11.4. The molecule has 1 aromatic rings. The van der Waals surface area contributed by atoms with Gasteiger partial charge in [-0.2, -0.15) is 0 Å². The van der Waals surface area contributed by atoms with Gasteiger partial charge in [-0.15, -0.1) is 0 Å². The molecular weight excluding hydrogens is 234 g/mol. The number of aliphatic hydroxyl groups excluding tert-OH is 1. The molecule has 1 rings (SSSR count). The predicted octanol–water partition coefficient (Wildman–Crippen LogP) is 1.56. The molecule has 1 atom stereocenters. The van der Waals surface area contributed by atoms with E-state index in [1.54, 1.807) is 6.07 Å². The highest BCUT2D eigenvalue weighted by Crippen LogP contribution is 2.13. The normalized spacial score (nSPS) is 12.7. The average molecular weight is 255 g/mol. The van der Waals surface area contributed by atoms with Crippen LogP contribution in [0.2, 0.25) is 0 Å². The minimum Gasteiger partial charge on any atom is -0.463 e. The number of nitrogens with one attached hydrogen (secondary N) is 1. The highest BCUT2D eigenvalue weighted by atomic mass is 16.5.